The number of hydrogen-bond donors (Lipinski definition) is 1. The average molecular weight is 183 g/mol. The fourth-order valence-electron chi connectivity index (χ4n) is 1.40. The second-order valence-electron chi connectivity index (χ2n) is 3.29. The van der Waals surface area contributed by atoms with E-state index in [4.69, 9.17) is 5.73 Å². The van der Waals surface area contributed by atoms with Gasteiger partial charge in [0.05, 0.1) is 0 Å². The molecule has 1 aromatic rings. The second-order valence-corrected chi connectivity index (χ2v) is 4.44. The molecule has 1 heterocycles. The van der Waals surface area contributed by atoms with Gasteiger partial charge in [-0.3, -0.25) is 0 Å². The van der Waals surface area contributed by atoms with Crippen LogP contribution >= 0.6 is 11.3 Å². The largest absolute Gasteiger partial charge is 0.324 e. The first-order valence-corrected chi connectivity index (χ1v) is 5.21. The van der Waals surface area contributed by atoms with Crippen LogP contribution in [0.3, 0.4) is 0 Å². The maximum absolute atomic E-state index is 5.45. The quantitative estimate of drug-likeness (QED) is 0.769. The molecule has 0 bridgehead atoms. The third-order valence-corrected chi connectivity index (χ3v) is 3.34. The molecule has 0 spiro atoms. The van der Waals surface area contributed by atoms with Crippen LogP contribution < -0.4 is 5.73 Å². The zero-order valence-corrected chi connectivity index (χ0v) is 7.81. The lowest BCUT2D eigenvalue weighted by Crippen LogP contribution is -2.13. The van der Waals surface area contributed by atoms with Crippen molar-refractivity contribution in [3.63, 3.8) is 0 Å². The van der Waals surface area contributed by atoms with E-state index in [-0.39, 0.29) is 0 Å². The summed E-state index contributed by atoms with van der Waals surface area (Å²) < 4.78 is 0. The summed E-state index contributed by atoms with van der Waals surface area (Å²) in [6.07, 6.45) is 5.26. The average Bonchev–Trinajstić information content (AvgIpc) is 2.44. The molecule has 1 aliphatic rings. The zero-order valence-electron chi connectivity index (χ0n) is 6.99. The molecule has 0 radical (unpaired) electrons. The van der Waals surface area contributed by atoms with E-state index in [2.05, 4.69) is 10.2 Å². The molecule has 2 N–H and O–H groups in total. The van der Waals surface area contributed by atoms with Gasteiger partial charge in [0.2, 0.25) is 0 Å². The number of aromatic nitrogens is 2. The van der Waals surface area contributed by atoms with E-state index in [9.17, 15) is 0 Å². The van der Waals surface area contributed by atoms with Crippen LogP contribution in [0.2, 0.25) is 0 Å². The van der Waals surface area contributed by atoms with E-state index in [1.165, 1.54) is 24.3 Å². The van der Waals surface area contributed by atoms with Crippen LogP contribution in [-0.2, 0) is 13.0 Å². The van der Waals surface area contributed by atoms with Crippen molar-refractivity contribution in [3.05, 3.63) is 10.0 Å². The van der Waals surface area contributed by atoms with E-state index in [1.54, 1.807) is 11.3 Å². The fourth-order valence-corrected chi connectivity index (χ4v) is 2.23. The van der Waals surface area contributed by atoms with E-state index < -0.39 is 0 Å². The Morgan fingerprint density at radius 2 is 2.08 bits per heavy atom. The molecule has 0 aliphatic heterocycles. The van der Waals surface area contributed by atoms with Gasteiger partial charge in [-0.15, -0.1) is 21.5 Å². The molecule has 3 nitrogen and oxygen atoms in total. The molecule has 0 aromatic carbocycles. The maximum Gasteiger partial charge on any atom is 0.131 e. The Morgan fingerprint density at radius 3 is 2.58 bits per heavy atom. The molecule has 2 rings (SSSR count). The summed E-state index contributed by atoms with van der Waals surface area (Å²) in [4.78, 5) is 0. The van der Waals surface area contributed by atoms with Gasteiger partial charge in [-0.25, -0.2) is 0 Å². The normalized spacial score (nSPS) is 17.8. The summed E-state index contributed by atoms with van der Waals surface area (Å²) in [5.74, 6) is 0.878. The molecule has 4 heteroatoms. The molecular weight excluding hydrogens is 170 g/mol. The second kappa shape index (κ2) is 3.49. The summed E-state index contributed by atoms with van der Waals surface area (Å²) in [5, 5.41) is 10.2. The highest BCUT2D eigenvalue weighted by Gasteiger charge is 2.19. The first-order chi connectivity index (χ1) is 5.88. The van der Waals surface area contributed by atoms with E-state index >= 15 is 0 Å². The molecule has 0 saturated heterocycles. The van der Waals surface area contributed by atoms with Crippen LogP contribution in [0.25, 0.3) is 0 Å². The Kier molecular flexibility index (Phi) is 2.37. The topological polar surface area (TPSA) is 51.8 Å². The standard InChI is InChI=1S/C8H13N3S/c9-5-8-11-10-7(12-8)4-6-2-1-3-6/h6H,1-5,9H2. The Morgan fingerprint density at radius 1 is 1.33 bits per heavy atom. The molecule has 1 aromatic heterocycles. The van der Waals surface area contributed by atoms with Crippen LogP contribution in [0.4, 0.5) is 0 Å². The van der Waals surface area contributed by atoms with Crippen molar-refractivity contribution in [2.24, 2.45) is 11.7 Å². The molecule has 12 heavy (non-hydrogen) atoms. The van der Waals surface area contributed by atoms with Crippen LogP contribution in [0, 0.1) is 5.92 Å². The van der Waals surface area contributed by atoms with Crippen molar-refractivity contribution >= 4 is 11.3 Å². The summed E-state index contributed by atoms with van der Waals surface area (Å²) in [5.41, 5.74) is 5.45. The van der Waals surface area contributed by atoms with Crippen molar-refractivity contribution in [2.45, 2.75) is 32.2 Å². The van der Waals surface area contributed by atoms with Crippen molar-refractivity contribution in [3.8, 4) is 0 Å². The van der Waals surface area contributed by atoms with Crippen LogP contribution in [0.15, 0.2) is 0 Å². The van der Waals surface area contributed by atoms with E-state index in [0.29, 0.717) is 6.54 Å². The minimum atomic E-state index is 0.530. The van der Waals surface area contributed by atoms with Gasteiger partial charge in [0.25, 0.3) is 0 Å². The Labute approximate surface area is 76.0 Å². The lowest BCUT2D eigenvalue weighted by molar-refractivity contribution is 0.313. The summed E-state index contributed by atoms with van der Waals surface area (Å²) >= 11 is 1.66. The maximum atomic E-state index is 5.45. The predicted molar refractivity (Wildman–Crippen MR) is 48.8 cm³/mol. The Hall–Kier alpha value is -0.480. The van der Waals surface area contributed by atoms with Gasteiger partial charge in [0, 0.05) is 13.0 Å². The van der Waals surface area contributed by atoms with Crippen molar-refractivity contribution in [1.82, 2.24) is 10.2 Å². The van der Waals surface area contributed by atoms with Crippen molar-refractivity contribution in [1.29, 1.82) is 0 Å². The van der Waals surface area contributed by atoms with Gasteiger partial charge in [-0.1, -0.05) is 19.3 Å². The molecule has 66 valence electrons. The van der Waals surface area contributed by atoms with Gasteiger partial charge in [-0.05, 0) is 5.92 Å². The summed E-state index contributed by atoms with van der Waals surface area (Å²) in [7, 11) is 0. The highest BCUT2D eigenvalue weighted by Crippen LogP contribution is 2.30. The molecule has 1 fully saturated rings. The lowest BCUT2D eigenvalue weighted by Gasteiger charge is -2.23. The molecule has 1 aliphatic carbocycles. The van der Waals surface area contributed by atoms with Gasteiger partial charge in [-0.2, -0.15) is 0 Å². The summed E-state index contributed by atoms with van der Waals surface area (Å²) in [6.45, 7) is 0.530. The first kappa shape index (κ1) is 8.13. The molecule has 0 unspecified atom stereocenters. The third kappa shape index (κ3) is 1.64. The minimum Gasteiger partial charge on any atom is -0.324 e. The van der Waals surface area contributed by atoms with Crippen molar-refractivity contribution in [2.75, 3.05) is 0 Å². The van der Waals surface area contributed by atoms with Crippen LogP contribution in [0.5, 0.6) is 0 Å². The third-order valence-electron chi connectivity index (χ3n) is 2.37. The van der Waals surface area contributed by atoms with E-state index in [0.717, 1.165) is 17.3 Å². The Bertz CT molecular complexity index is 255. The number of rotatable bonds is 3. The summed E-state index contributed by atoms with van der Waals surface area (Å²) in [6, 6.07) is 0. The van der Waals surface area contributed by atoms with Gasteiger partial charge in [0.15, 0.2) is 0 Å². The zero-order chi connectivity index (χ0) is 8.39. The van der Waals surface area contributed by atoms with Gasteiger partial charge >= 0.3 is 0 Å². The number of nitrogens with two attached hydrogens (primary N) is 1. The minimum absolute atomic E-state index is 0.530. The number of hydrogen-bond acceptors (Lipinski definition) is 4. The number of nitrogens with zero attached hydrogens (tertiary/aromatic N) is 2. The van der Waals surface area contributed by atoms with Gasteiger partial charge < -0.3 is 5.73 Å². The fraction of sp³-hybridized carbons (Fsp3) is 0.750. The molecule has 0 amide bonds. The smallest absolute Gasteiger partial charge is 0.131 e. The van der Waals surface area contributed by atoms with Crippen LogP contribution in [-0.4, -0.2) is 10.2 Å². The highest BCUT2D eigenvalue weighted by atomic mass is 32.1. The van der Waals surface area contributed by atoms with Crippen LogP contribution in [0.1, 0.15) is 29.3 Å². The first-order valence-electron chi connectivity index (χ1n) is 4.40. The molecule has 0 atom stereocenters. The SMILES string of the molecule is NCc1nnc(CC2CCC2)s1. The monoisotopic (exact) mass is 183 g/mol. The molecular formula is C8H13N3S. The predicted octanol–water partition coefficient (Wildman–Crippen LogP) is 1.34. The Balaban J connectivity index is 1.93. The molecule has 1 saturated carbocycles. The van der Waals surface area contributed by atoms with Gasteiger partial charge in [0.1, 0.15) is 10.0 Å². The van der Waals surface area contributed by atoms with Crippen molar-refractivity contribution < 1.29 is 0 Å². The lowest BCUT2D eigenvalue weighted by atomic mass is 9.83. The highest BCUT2D eigenvalue weighted by molar-refractivity contribution is 7.11. The van der Waals surface area contributed by atoms with E-state index in [1.807, 2.05) is 0 Å².